The molecular formula is C20H22N6O. The van der Waals surface area contributed by atoms with Gasteiger partial charge in [-0.1, -0.05) is 24.3 Å². The van der Waals surface area contributed by atoms with Gasteiger partial charge in [-0.25, -0.2) is 4.79 Å². The highest BCUT2D eigenvalue weighted by molar-refractivity contribution is 5.79. The Balaban J connectivity index is 1.27. The lowest BCUT2D eigenvalue weighted by Gasteiger charge is -2.13. The van der Waals surface area contributed by atoms with E-state index < -0.39 is 0 Å². The number of pyridine rings is 1. The molecule has 0 fully saturated rings. The van der Waals surface area contributed by atoms with Gasteiger partial charge in [-0.2, -0.15) is 0 Å². The second-order valence-corrected chi connectivity index (χ2v) is 6.53. The van der Waals surface area contributed by atoms with Crippen LogP contribution in [0.2, 0.25) is 0 Å². The van der Waals surface area contributed by atoms with Crippen LogP contribution in [0.1, 0.15) is 25.2 Å². The first-order valence-corrected chi connectivity index (χ1v) is 9.10. The minimum Gasteiger partial charge on any atom is -0.347 e. The molecule has 0 saturated carbocycles. The molecule has 0 aliphatic rings. The van der Waals surface area contributed by atoms with Gasteiger partial charge in [0, 0.05) is 31.0 Å². The van der Waals surface area contributed by atoms with Crippen LogP contribution in [-0.4, -0.2) is 31.7 Å². The molecule has 138 valence electrons. The minimum atomic E-state index is -0.240. The van der Waals surface area contributed by atoms with Gasteiger partial charge >= 0.3 is 6.03 Å². The molecule has 1 unspecified atom stereocenters. The zero-order valence-electron chi connectivity index (χ0n) is 15.2. The van der Waals surface area contributed by atoms with Crippen LogP contribution in [0.3, 0.4) is 0 Å². The molecule has 2 amide bonds. The van der Waals surface area contributed by atoms with Crippen molar-refractivity contribution in [1.82, 2.24) is 29.8 Å². The van der Waals surface area contributed by atoms with Crippen LogP contribution >= 0.6 is 0 Å². The van der Waals surface area contributed by atoms with Gasteiger partial charge in [0.05, 0.1) is 6.04 Å². The van der Waals surface area contributed by atoms with Crippen molar-refractivity contribution in [1.29, 1.82) is 0 Å². The average Bonchev–Trinajstić information content (AvgIpc) is 3.29. The smallest absolute Gasteiger partial charge is 0.315 e. The van der Waals surface area contributed by atoms with E-state index in [1.807, 2.05) is 47.9 Å². The molecule has 1 atom stereocenters. The fraction of sp³-hybridized carbons (Fsp3) is 0.250. The van der Waals surface area contributed by atoms with Crippen LogP contribution in [0, 0.1) is 0 Å². The molecule has 0 aliphatic heterocycles. The van der Waals surface area contributed by atoms with Crippen molar-refractivity contribution >= 4 is 22.6 Å². The number of carbonyl (C=O) groups is 1. The molecule has 0 bridgehead atoms. The Bertz CT molecular complexity index is 1070. The lowest BCUT2D eigenvalue weighted by atomic mass is 10.2. The Morgan fingerprint density at radius 3 is 2.85 bits per heavy atom. The third-order valence-electron chi connectivity index (χ3n) is 4.62. The van der Waals surface area contributed by atoms with Gasteiger partial charge in [0.2, 0.25) is 0 Å². The lowest BCUT2D eigenvalue weighted by molar-refractivity contribution is 0.237. The standard InChI is InChI=1S/C20H22N6O/c1-15(19-24-23-18-9-4-5-13-26(18)19)22-20(27)21-11-6-12-25-14-10-16-7-2-3-8-17(16)25/h2-5,7-10,13-15H,6,11-12H2,1H3,(H2,21,22,27). The first kappa shape index (κ1) is 17.1. The van der Waals surface area contributed by atoms with Gasteiger partial charge in [0.15, 0.2) is 11.5 Å². The summed E-state index contributed by atoms with van der Waals surface area (Å²) in [5.41, 5.74) is 1.98. The Morgan fingerprint density at radius 2 is 1.93 bits per heavy atom. The van der Waals surface area contributed by atoms with Crippen LogP contribution < -0.4 is 10.6 Å². The van der Waals surface area contributed by atoms with Gasteiger partial charge in [-0.15, -0.1) is 10.2 Å². The van der Waals surface area contributed by atoms with Crippen LogP contribution in [0.25, 0.3) is 16.6 Å². The van der Waals surface area contributed by atoms with Crippen LogP contribution in [0.5, 0.6) is 0 Å². The summed E-state index contributed by atoms with van der Waals surface area (Å²) in [6.07, 6.45) is 4.83. The number of fused-ring (bicyclic) bond motifs is 2. The quantitative estimate of drug-likeness (QED) is 0.517. The Morgan fingerprint density at radius 1 is 1.07 bits per heavy atom. The number of rotatable bonds is 6. The molecule has 0 radical (unpaired) electrons. The number of aryl methyl sites for hydroxylation is 1. The number of hydrogen-bond acceptors (Lipinski definition) is 3. The van der Waals surface area contributed by atoms with Crippen molar-refractivity contribution < 1.29 is 4.79 Å². The van der Waals surface area contributed by atoms with Crippen molar-refractivity contribution in [2.45, 2.75) is 25.9 Å². The van der Waals surface area contributed by atoms with E-state index in [9.17, 15) is 4.79 Å². The zero-order valence-corrected chi connectivity index (χ0v) is 15.2. The molecule has 3 aromatic heterocycles. The van der Waals surface area contributed by atoms with Gasteiger partial charge in [-0.3, -0.25) is 4.40 Å². The fourth-order valence-corrected chi connectivity index (χ4v) is 3.25. The second-order valence-electron chi connectivity index (χ2n) is 6.53. The Labute approximate surface area is 157 Å². The minimum absolute atomic E-state index is 0.201. The number of urea groups is 1. The van der Waals surface area contributed by atoms with Crippen molar-refractivity contribution in [2.24, 2.45) is 0 Å². The van der Waals surface area contributed by atoms with Crippen LogP contribution in [0.15, 0.2) is 60.9 Å². The van der Waals surface area contributed by atoms with Crippen molar-refractivity contribution in [3.63, 3.8) is 0 Å². The maximum Gasteiger partial charge on any atom is 0.315 e. The molecular weight excluding hydrogens is 340 g/mol. The molecule has 3 heterocycles. The van der Waals surface area contributed by atoms with Gasteiger partial charge in [0.1, 0.15) is 0 Å². The summed E-state index contributed by atoms with van der Waals surface area (Å²) < 4.78 is 4.09. The molecule has 4 aromatic rings. The van der Waals surface area contributed by atoms with Crippen molar-refractivity contribution in [2.75, 3.05) is 6.54 Å². The number of nitrogens with zero attached hydrogens (tertiary/aromatic N) is 4. The molecule has 4 rings (SSSR count). The lowest BCUT2D eigenvalue weighted by Crippen LogP contribution is -2.38. The van der Waals surface area contributed by atoms with Crippen LogP contribution in [-0.2, 0) is 6.54 Å². The highest BCUT2D eigenvalue weighted by Gasteiger charge is 2.15. The van der Waals surface area contributed by atoms with E-state index in [4.69, 9.17) is 0 Å². The predicted octanol–water partition coefficient (Wildman–Crippen LogP) is 3.13. The highest BCUT2D eigenvalue weighted by atomic mass is 16.2. The number of aromatic nitrogens is 4. The molecule has 7 nitrogen and oxygen atoms in total. The van der Waals surface area contributed by atoms with Gasteiger partial charge in [0.25, 0.3) is 0 Å². The molecule has 0 spiro atoms. The summed E-state index contributed by atoms with van der Waals surface area (Å²) in [6.45, 7) is 3.36. The Hall–Kier alpha value is -3.35. The summed E-state index contributed by atoms with van der Waals surface area (Å²) in [6, 6.07) is 15.7. The predicted molar refractivity (Wildman–Crippen MR) is 104 cm³/mol. The molecule has 1 aromatic carbocycles. The first-order valence-electron chi connectivity index (χ1n) is 9.10. The fourth-order valence-electron chi connectivity index (χ4n) is 3.25. The largest absolute Gasteiger partial charge is 0.347 e. The van der Waals surface area contributed by atoms with E-state index in [0.29, 0.717) is 12.4 Å². The number of hydrogen-bond donors (Lipinski definition) is 2. The van der Waals surface area contributed by atoms with E-state index in [-0.39, 0.29) is 12.1 Å². The zero-order chi connectivity index (χ0) is 18.6. The van der Waals surface area contributed by atoms with E-state index >= 15 is 0 Å². The van der Waals surface area contributed by atoms with E-state index in [0.717, 1.165) is 18.6 Å². The summed E-state index contributed by atoms with van der Waals surface area (Å²) >= 11 is 0. The van der Waals surface area contributed by atoms with E-state index in [1.165, 1.54) is 10.9 Å². The number of benzene rings is 1. The van der Waals surface area contributed by atoms with Gasteiger partial charge < -0.3 is 15.2 Å². The maximum atomic E-state index is 12.2. The summed E-state index contributed by atoms with van der Waals surface area (Å²) in [5.74, 6) is 0.708. The molecule has 2 N–H and O–H groups in total. The molecule has 7 heteroatoms. The number of para-hydroxylation sites is 1. The number of amides is 2. The average molecular weight is 362 g/mol. The monoisotopic (exact) mass is 362 g/mol. The van der Waals surface area contributed by atoms with Crippen LogP contribution in [0.4, 0.5) is 4.79 Å². The maximum absolute atomic E-state index is 12.2. The molecule has 27 heavy (non-hydrogen) atoms. The van der Waals surface area contributed by atoms with Crippen molar-refractivity contribution in [3.05, 3.63) is 66.7 Å². The Kier molecular flexibility index (Phi) is 4.74. The third-order valence-corrected chi connectivity index (χ3v) is 4.62. The number of carbonyl (C=O) groups excluding carboxylic acids is 1. The SMILES string of the molecule is CC(NC(=O)NCCCn1ccc2ccccc21)c1nnc2ccccn12. The first-order chi connectivity index (χ1) is 13.2. The molecule has 0 saturated heterocycles. The number of nitrogens with one attached hydrogen (secondary N) is 2. The summed E-state index contributed by atoms with van der Waals surface area (Å²) in [4.78, 5) is 12.2. The highest BCUT2D eigenvalue weighted by Crippen LogP contribution is 2.15. The third kappa shape index (κ3) is 3.62. The normalized spacial score (nSPS) is 12.3. The van der Waals surface area contributed by atoms with E-state index in [2.05, 4.69) is 49.8 Å². The van der Waals surface area contributed by atoms with Crippen molar-refractivity contribution in [3.8, 4) is 0 Å². The summed E-state index contributed by atoms with van der Waals surface area (Å²) in [7, 11) is 0. The summed E-state index contributed by atoms with van der Waals surface area (Å²) in [5, 5.41) is 15.4. The van der Waals surface area contributed by atoms with Gasteiger partial charge in [-0.05, 0) is 43.0 Å². The van der Waals surface area contributed by atoms with E-state index in [1.54, 1.807) is 0 Å². The second kappa shape index (κ2) is 7.49. The molecule has 0 aliphatic carbocycles. The topological polar surface area (TPSA) is 76.2 Å².